The fourth-order valence-electron chi connectivity index (χ4n) is 4.63. The zero-order valence-corrected chi connectivity index (χ0v) is 19.5. The smallest absolute Gasteiger partial charge is 0.408 e. The Morgan fingerprint density at radius 1 is 1.09 bits per heavy atom. The van der Waals surface area contributed by atoms with Crippen molar-refractivity contribution < 1.29 is 29.0 Å². The quantitative estimate of drug-likeness (QED) is 0.380. The minimum Gasteiger partial charge on any atom is -0.480 e. The lowest BCUT2D eigenvalue weighted by molar-refractivity contribution is -0.143. The summed E-state index contributed by atoms with van der Waals surface area (Å²) in [6.07, 6.45) is 6.19. The number of ether oxygens (including phenoxy) is 1. The second kappa shape index (κ2) is 12.6. The molecule has 9 nitrogen and oxygen atoms in total. The van der Waals surface area contributed by atoms with Crippen LogP contribution in [0.3, 0.4) is 0 Å². The van der Waals surface area contributed by atoms with Gasteiger partial charge in [0.1, 0.15) is 18.2 Å². The summed E-state index contributed by atoms with van der Waals surface area (Å²) in [5.74, 6) is -1.63. The Labute approximate surface area is 190 Å². The predicted molar refractivity (Wildman–Crippen MR) is 119 cm³/mol. The van der Waals surface area contributed by atoms with Gasteiger partial charge < -0.3 is 25.8 Å². The number of nitrogens with one attached hydrogen (secondary N) is 3. The van der Waals surface area contributed by atoms with Crippen molar-refractivity contribution >= 4 is 23.9 Å². The normalized spacial score (nSPS) is 25.0. The molecule has 3 unspecified atom stereocenters. The Morgan fingerprint density at radius 3 is 2.31 bits per heavy atom. The topological polar surface area (TPSA) is 134 Å². The van der Waals surface area contributed by atoms with E-state index in [-0.39, 0.29) is 24.3 Å². The highest BCUT2D eigenvalue weighted by Crippen LogP contribution is 2.29. The minimum atomic E-state index is -1.20. The summed E-state index contributed by atoms with van der Waals surface area (Å²) < 4.78 is 5.55. The molecule has 2 aliphatic rings. The molecule has 32 heavy (non-hydrogen) atoms. The molecule has 0 spiro atoms. The van der Waals surface area contributed by atoms with Crippen LogP contribution in [0.25, 0.3) is 0 Å². The van der Waals surface area contributed by atoms with E-state index in [2.05, 4.69) is 22.9 Å². The minimum absolute atomic E-state index is 0.0206. The van der Waals surface area contributed by atoms with E-state index in [1.165, 1.54) is 6.42 Å². The number of alkyl carbamates (subject to hydrolysis) is 1. The molecule has 0 aromatic heterocycles. The molecule has 0 aromatic rings. The SMILES string of the molecule is CCCC1CCC(OC(=O)NC(CC(C)C)C(=O)NC(CC2CCNC2=O)C(=O)O)CC1. The summed E-state index contributed by atoms with van der Waals surface area (Å²) in [5.41, 5.74) is 0. The van der Waals surface area contributed by atoms with Crippen LogP contribution in [0, 0.1) is 17.8 Å². The van der Waals surface area contributed by atoms with Gasteiger partial charge in [-0.15, -0.1) is 0 Å². The van der Waals surface area contributed by atoms with E-state index < -0.39 is 36.0 Å². The number of hydrogen-bond donors (Lipinski definition) is 4. The lowest BCUT2D eigenvalue weighted by Gasteiger charge is -2.29. The molecule has 3 amide bonds. The van der Waals surface area contributed by atoms with Crippen molar-refractivity contribution in [3.05, 3.63) is 0 Å². The van der Waals surface area contributed by atoms with Crippen LogP contribution in [0.5, 0.6) is 0 Å². The maximum Gasteiger partial charge on any atom is 0.408 e. The van der Waals surface area contributed by atoms with Gasteiger partial charge in [-0.2, -0.15) is 0 Å². The van der Waals surface area contributed by atoms with Crippen molar-refractivity contribution in [2.24, 2.45) is 17.8 Å². The first-order valence-electron chi connectivity index (χ1n) is 12.0. The Balaban J connectivity index is 1.91. The van der Waals surface area contributed by atoms with E-state index in [1.54, 1.807) is 0 Å². The summed E-state index contributed by atoms with van der Waals surface area (Å²) in [7, 11) is 0. The fourth-order valence-corrected chi connectivity index (χ4v) is 4.63. The van der Waals surface area contributed by atoms with Crippen LogP contribution in [-0.4, -0.2) is 53.7 Å². The molecule has 1 saturated heterocycles. The van der Waals surface area contributed by atoms with Crippen LogP contribution in [-0.2, 0) is 19.1 Å². The number of carboxylic acid groups (broad SMARTS) is 1. The third-order valence-corrected chi connectivity index (χ3v) is 6.38. The van der Waals surface area contributed by atoms with Crippen molar-refractivity contribution in [2.75, 3.05) is 6.54 Å². The van der Waals surface area contributed by atoms with Gasteiger partial charge in [0.15, 0.2) is 0 Å². The fraction of sp³-hybridized carbons (Fsp3) is 0.826. The van der Waals surface area contributed by atoms with Crippen molar-refractivity contribution in [3.63, 3.8) is 0 Å². The lowest BCUT2D eigenvalue weighted by Crippen LogP contribution is -2.53. The van der Waals surface area contributed by atoms with E-state index >= 15 is 0 Å². The summed E-state index contributed by atoms with van der Waals surface area (Å²) in [5, 5.41) is 17.3. The van der Waals surface area contributed by atoms with Gasteiger partial charge >= 0.3 is 12.1 Å². The van der Waals surface area contributed by atoms with Gasteiger partial charge in [-0.3, -0.25) is 9.59 Å². The number of carbonyl (C=O) groups is 4. The molecule has 182 valence electrons. The maximum atomic E-state index is 12.8. The molecule has 1 aliphatic carbocycles. The summed E-state index contributed by atoms with van der Waals surface area (Å²) in [6.45, 7) is 6.51. The second-order valence-electron chi connectivity index (χ2n) is 9.57. The Hall–Kier alpha value is -2.32. The van der Waals surface area contributed by atoms with Gasteiger partial charge in [-0.25, -0.2) is 9.59 Å². The highest BCUT2D eigenvalue weighted by atomic mass is 16.6. The zero-order valence-electron chi connectivity index (χ0n) is 19.5. The summed E-state index contributed by atoms with van der Waals surface area (Å²) >= 11 is 0. The lowest BCUT2D eigenvalue weighted by atomic mass is 9.85. The molecule has 0 bridgehead atoms. The van der Waals surface area contributed by atoms with Crippen molar-refractivity contribution in [1.29, 1.82) is 0 Å². The third-order valence-electron chi connectivity index (χ3n) is 6.38. The average molecular weight is 454 g/mol. The van der Waals surface area contributed by atoms with Crippen LogP contribution in [0.4, 0.5) is 4.79 Å². The predicted octanol–water partition coefficient (Wildman–Crippen LogP) is 2.58. The van der Waals surface area contributed by atoms with Crippen molar-refractivity contribution in [3.8, 4) is 0 Å². The van der Waals surface area contributed by atoms with Gasteiger partial charge in [0.05, 0.1) is 0 Å². The van der Waals surface area contributed by atoms with Crippen LogP contribution in [0.2, 0.25) is 0 Å². The van der Waals surface area contributed by atoms with E-state index in [0.29, 0.717) is 25.3 Å². The highest BCUT2D eigenvalue weighted by molar-refractivity contribution is 5.90. The summed E-state index contributed by atoms with van der Waals surface area (Å²) in [6, 6.07) is -2.10. The highest BCUT2D eigenvalue weighted by Gasteiger charge is 2.33. The van der Waals surface area contributed by atoms with E-state index in [0.717, 1.165) is 32.1 Å². The van der Waals surface area contributed by atoms with E-state index in [1.807, 2.05) is 13.8 Å². The van der Waals surface area contributed by atoms with E-state index in [4.69, 9.17) is 4.74 Å². The second-order valence-corrected chi connectivity index (χ2v) is 9.57. The Kier molecular flexibility index (Phi) is 10.3. The van der Waals surface area contributed by atoms with E-state index in [9.17, 15) is 24.3 Å². The van der Waals surface area contributed by atoms with Crippen LogP contribution in [0.1, 0.15) is 78.6 Å². The number of rotatable bonds is 11. The van der Waals surface area contributed by atoms with Crippen molar-refractivity contribution in [1.82, 2.24) is 16.0 Å². The maximum absolute atomic E-state index is 12.8. The average Bonchev–Trinajstić information content (AvgIpc) is 3.12. The molecule has 3 atom stereocenters. The van der Waals surface area contributed by atoms with Gasteiger partial charge in [0.2, 0.25) is 11.8 Å². The number of carbonyl (C=O) groups excluding carboxylic acids is 3. The summed E-state index contributed by atoms with van der Waals surface area (Å²) in [4.78, 5) is 48.8. The first-order valence-corrected chi connectivity index (χ1v) is 12.0. The molecule has 0 radical (unpaired) electrons. The van der Waals surface area contributed by atoms with Gasteiger partial charge in [-0.1, -0.05) is 33.6 Å². The molecule has 9 heteroatoms. The van der Waals surface area contributed by atoms with Gasteiger partial charge in [-0.05, 0) is 56.8 Å². The first kappa shape index (κ1) is 25.9. The molecular formula is C23H39N3O6. The number of carboxylic acids is 1. The van der Waals surface area contributed by atoms with Crippen molar-refractivity contribution in [2.45, 2.75) is 96.7 Å². The van der Waals surface area contributed by atoms with Crippen LogP contribution < -0.4 is 16.0 Å². The number of amides is 3. The van der Waals surface area contributed by atoms with Crippen LogP contribution in [0.15, 0.2) is 0 Å². The Morgan fingerprint density at radius 2 is 1.78 bits per heavy atom. The third kappa shape index (κ3) is 8.31. The monoisotopic (exact) mass is 453 g/mol. The van der Waals surface area contributed by atoms with Gasteiger partial charge in [0, 0.05) is 12.5 Å². The number of aliphatic carboxylic acids is 1. The number of hydrogen-bond acceptors (Lipinski definition) is 5. The Bertz CT molecular complexity index is 660. The zero-order chi connectivity index (χ0) is 23.7. The molecular weight excluding hydrogens is 414 g/mol. The van der Waals surface area contributed by atoms with Gasteiger partial charge in [0.25, 0.3) is 0 Å². The molecule has 1 aliphatic heterocycles. The van der Waals surface area contributed by atoms with Crippen LogP contribution >= 0.6 is 0 Å². The first-order chi connectivity index (χ1) is 15.2. The molecule has 2 fully saturated rings. The molecule has 0 aromatic carbocycles. The molecule has 2 rings (SSSR count). The standard InChI is InChI=1S/C23H39N3O6/c1-4-5-15-6-8-17(9-7-15)32-23(31)26-18(12-14(2)3)21(28)25-19(22(29)30)13-16-10-11-24-20(16)27/h14-19H,4-13H2,1-3H3,(H,24,27)(H,25,28)(H,26,31)(H,29,30). The molecule has 4 N–H and O–H groups in total. The molecule has 1 saturated carbocycles. The largest absolute Gasteiger partial charge is 0.480 e. The molecule has 1 heterocycles.